The van der Waals surface area contributed by atoms with Crippen LogP contribution in [0.5, 0.6) is 0 Å². The molecule has 0 aliphatic rings. The van der Waals surface area contributed by atoms with Crippen molar-refractivity contribution in [3.8, 4) is 0 Å². The molecule has 2 aromatic heterocycles. The molecule has 0 aliphatic carbocycles. The van der Waals surface area contributed by atoms with E-state index in [9.17, 15) is 9.59 Å². The van der Waals surface area contributed by atoms with Crippen molar-refractivity contribution in [1.29, 1.82) is 0 Å². The molecule has 0 spiro atoms. The number of hydrogen-bond donors (Lipinski definition) is 2. The molecular formula is C14H9ClN2O3S. The first-order valence-corrected chi connectivity index (χ1v) is 7.23. The van der Waals surface area contributed by atoms with Crippen LogP contribution in [0.1, 0.15) is 21.1 Å². The molecule has 1 aromatic carbocycles. The zero-order chi connectivity index (χ0) is 15.0. The molecule has 0 atom stereocenters. The van der Waals surface area contributed by atoms with Crippen molar-refractivity contribution < 1.29 is 9.90 Å². The van der Waals surface area contributed by atoms with Crippen molar-refractivity contribution in [3.63, 3.8) is 0 Å². The summed E-state index contributed by atoms with van der Waals surface area (Å²) in [6, 6.07) is 8.68. The fraction of sp³-hybridized carbons (Fsp3) is 0.0714. The third-order valence-electron chi connectivity index (χ3n) is 2.90. The van der Waals surface area contributed by atoms with Crippen molar-refractivity contribution >= 4 is 39.1 Å². The number of aromatic amines is 1. The number of nitrogens with one attached hydrogen (secondary N) is 1. The van der Waals surface area contributed by atoms with Gasteiger partial charge in [0.15, 0.2) is 0 Å². The highest BCUT2D eigenvalue weighted by Gasteiger charge is 2.13. The smallest absolute Gasteiger partial charge is 0.345 e. The number of halogens is 1. The molecule has 3 aromatic rings. The van der Waals surface area contributed by atoms with Gasteiger partial charge in [-0.25, -0.2) is 9.78 Å². The Morgan fingerprint density at radius 1 is 1.38 bits per heavy atom. The lowest BCUT2D eigenvalue weighted by molar-refractivity contribution is 0.0702. The van der Waals surface area contributed by atoms with Gasteiger partial charge in [-0.2, -0.15) is 0 Å². The van der Waals surface area contributed by atoms with Crippen molar-refractivity contribution in [2.45, 2.75) is 6.42 Å². The average Bonchev–Trinajstić information content (AvgIpc) is 2.83. The summed E-state index contributed by atoms with van der Waals surface area (Å²) in [6.45, 7) is 0. The maximum Gasteiger partial charge on any atom is 0.345 e. The van der Waals surface area contributed by atoms with Gasteiger partial charge in [0, 0.05) is 11.4 Å². The van der Waals surface area contributed by atoms with Crippen LogP contribution in [-0.4, -0.2) is 21.0 Å². The average molecular weight is 321 g/mol. The van der Waals surface area contributed by atoms with E-state index in [0.29, 0.717) is 27.5 Å². The van der Waals surface area contributed by atoms with Crippen LogP contribution < -0.4 is 5.56 Å². The number of hydrogen-bond acceptors (Lipinski definition) is 4. The maximum absolute atomic E-state index is 12.0. The molecule has 2 heterocycles. The molecule has 0 unspecified atom stereocenters. The first kappa shape index (κ1) is 13.8. The molecule has 0 saturated heterocycles. The summed E-state index contributed by atoms with van der Waals surface area (Å²) in [5, 5.41) is 9.58. The number of fused-ring (bicyclic) bond motifs is 1. The standard InChI is InChI=1S/C14H9ClN2O3S/c15-8-3-1-2-7(4-8)5-11-16-9-6-10(14(19)20)21-12(9)13(18)17-11/h1-4,6H,5H2,(H,19,20)(H,16,17,18). The van der Waals surface area contributed by atoms with Gasteiger partial charge in [0.05, 0.1) is 5.52 Å². The molecule has 0 radical (unpaired) electrons. The zero-order valence-corrected chi connectivity index (χ0v) is 12.2. The van der Waals surface area contributed by atoms with Crippen LogP contribution in [0.3, 0.4) is 0 Å². The van der Waals surface area contributed by atoms with Gasteiger partial charge in [-0.05, 0) is 23.8 Å². The molecule has 0 saturated carbocycles. The molecule has 2 N–H and O–H groups in total. The number of nitrogens with zero attached hydrogens (tertiary/aromatic N) is 1. The summed E-state index contributed by atoms with van der Waals surface area (Å²) >= 11 is 6.84. The quantitative estimate of drug-likeness (QED) is 0.777. The van der Waals surface area contributed by atoms with Crippen LogP contribution in [0.2, 0.25) is 5.02 Å². The van der Waals surface area contributed by atoms with Crippen molar-refractivity contribution in [2.75, 3.05) is 0 Å². The van der Waals surface area contributed by atoms with Gasteiger partial charge >= 0.3 is 5.97 Å². The van der Waals surface area contributed by atoms with Crippen LogP contribution in [0, 0.1) is 0 Å². The van der Waals surface area contributed by atoms with Gasteiger partial charge in [0.1, 0.15) is 15.4 Å². The van der Waals surface area contributed by atoms with Gasteiger partial charge in [-0.1, -0.05) is 23.7 Å². The number of rotatable bonds is 3. The molecule has 5 nitrogen and oxygen atoms in total. The number of carbonyl (C=O) groups is 1. The Morgan fingerprint density at radius 2 is 2.19 bits per heavy atom. The van der Waals surface area contributed by atoms with E-state index in [0.717, 1.165) is 16.9 Å². The highest BCUT2D eigenvalue weighted by molar-refractivity contribution is 7.20. The van der Waals surface area contributed by atoms with Crippen molar-refractivity contribution in [3.05, 3.63) is 62.0 Å². The lowest BCUT2D eigenvalue weighted by atomic mass is 10.1. The largest absolute Gasteiger partial charge is 0.477 e. The van der Waals surface area contributed by atoms with Crippen LogP contribution >= 0.6 is 22.9 Å². The van der Waals surface area contributed by atoms with E-state index in [-0.39, 0.29) is 10.4 Å². The Kier molecular flexibility index (Phi) is 3.48. The Labute approximate surface area is 127 Å². The van der Waals surface area contributed by atoms with Crippen LogP contribution in [0.4, 0.5) is 0 Å². The van der Waals surface area contributed by atoms with E-state index in [1.54, 1.807) is 12.1 Å². The molecule has 7 heteroatoms. The fourth-order valence-electron chi connectivity index (χ4n) is 2.02. The van der Waals surface area contributed by atoms with Crippen LogP contribution in [0.25, 0.3) is 10.2 Å². The second-order valence-corrected chi connectivity index (χ2v) is 5.94. The summed E-state index contributed by atoms with van der Waals surface area (Å²) in [7, 11) is 0. The van der Waals surface area contributed by atoms with Gasteiger partial charge in [-0.15, -0.1) is 11.3 Å². The zero-order valence-electron chi connectivity index (χ0n) is 10.6. The van der Waals surface area contributed by atoms with Crippen molar-refractivity contribution in [1.82, 2.24) is 9.97 Å². The topological polar surface area (TPSA) is 83.0 Å². The van der Waals surface area contributed by atoms with Gasteiger partial charge < -0.3 is 10.1 Å². The summed E-state index contributed by atoms with van der Waals surface area (Å²) in [5.41, 5.74) is 0.992. The second kappa shape index (κ2) is 5.31. The van der Waals surface area contributed by atoms with Gasteiger partial charge in [0.2, 0.25) is 0 Å². The number of carboxylic acid groups (broad SMARTS) is 1. The molecule has 106 valence electrons. The Bertz CT molecular complexity index is 901. The predicted octanol–water partition coefficient (Wildman–Crippen LogP) is 2.93. The minimum absolute atomic E-state index is 0.0999. The number of benzene rings is 1. The Hall–Kier alpha value is -2.18. The molecule has 0 bridgehead atoms. The lowest BCUT2D eigenvalue weighted by Crippen LogP contribution is -2.10. The van der Waals surface area contributed by atoms with E-state index in [2.05, 4.69) is 9.97 Å². The lowest BCUT2D eigenvalue weighted by Gasteiger charge is -2.02. The summed E-state index contributed by atoms with van der Waals surface area (Å²) < 4.78 is 0.322. The first-order chi connectivity index (χ1) is 10.0. The monoisotopic (exact) mass is 320 g/mol. The number of H-pyrrole nitrogens is 1. The minimum atomic E-state index is -1.06. The second-order valence-electron chi connectivity index (χ2n) is 4.45. The van der Waals surface area contributed by atoms with E-state index in [1.807, 2.05) is 12.1 Å². The van der Waals surface area contributed by atoms with E-state index < -0.39 is 5.97 Å². The Morgan fingerprint density at radius 3 is 2.90 bits per heavy atom. The first-order valence-electron chi connectivity index (χ1n) is 6.03. The van der Waals surface area contributed by atoms with E-state index >= 15 is 0 Å². The highest BCUT2D eigenvalue weighted by Crippen LogP contribution is 2.21. The Balaban J connectivity index is 2.04. The third kappa shape index (κ3) is 2.81. The predicted molar refractivity (Wildman–Crippen MR) is 81.5 cm³/mol. The van der Waals surface area contributed by atoms with Crippen LogP contribution in [-0.2, 0) is 6.42 Å². The molecule has 21 heavy (non-hydrogen) atoms. The fourth-order valence-corrected chi connectivity index (χ4v) is 3.06. The number of aromatic carboxylic acids is 1. The SMILES string of the molecule is O=C(O)c1cc2nc(Cc3cccc(Cl)c3)[nH]c(=O)c2s1. The summed E-state index contributed by atoms with van der Waals surface area (Å²) in [5.74, 6) is -0.585. The van der Waals surface area contributed by atoms with Crippen LogP contribution in [0.15, 0.2) is 35.1 Å². The van der Waals surface area contributed by atoms with Gasteiger partial charge in [0.25, 0.3) is 5.56 Å². The van der Waals surface area contributed by atoms with E-state index in [1.165, 1.54) is 6.07 Å². The maximum atomic E-state index is 12.0. The number of aromatic nitrogens is 2. The van der Waals surface area contributed by atoms with Crippen molar-refractivity contribution in [2.24, 2.45) is 0 Å². The molecule has 0 aliphatic heterocycles. The normalized spacial score (nSPS) is 10.9. The summed E-state index contributed by atoms with van der Waals surface area (Å²) in [4.78, 5) is 30.0. The number of carboxylic acids is 1. The molecule has 0 fully saturated rings. The highest BCUT2D eigenvalue weighted by atomic mass is 35.5. The number of thiophene rings is 1. The molecule has 3 rings (SSSR count). The molecular weight excluding hydrogens is 312 g/mol. The minimum Gasteiger partial charge on any atom is -0.477 e. The van der Waals surface area contributed by atoms with E-state index in [4.69, 9.17) is 16.7 Å². The van der Waals surface area contributed by atoms with Gasteiger partial charge in [-0.3, -0.25) is 4.79 Å². The summed E-state index contributed by atoms with van der Waals surface area (Å²) in [6.07, 6.45) is 0.421. The third-order valence-corrected chi connectivity index (χ3v) is 4.25. The molecule has 0 amide bonds.